The molecule has 88 valence electrons. The highest BCUT2D eigenvalue weighted by molar-refractivity contribution is 5.65. The van der Waals surface area contributed by atoms with Crippen LogP contribution < -0.4 is 4.74 Å². The lowest BCUT2D eigenvalue weighted by Gasteiger charge is -2.10. The second kappa shape index (κ2) is 6.12. The smallest absolute Gasteiger partial charge is 0.305 e. The Balaban J connectivity index is 2.57. The van der Waals surface area contributed by atoms with Crippen molar-refractivity contribution < 1.29 is 19.4 Å². The maximum Gasteiger partial charge on any atom is 0.305 e. The molecule has 1 atom stereocenters. The molecule has 0 amide bonds. The number of aliphatic hydroxyl groups excluding tert-OH is 1. The minimum Gasteiger partial charge on any atom is -0.457 e. The Hall–Kier alpha value is -1.55. The van der Waals surface area contributed by atoms with E-state index in [2.05, 4.69) is 4.74 Å². The van der Waals surface area contributed by atoms with E-state index in [-0.39, 0.29) is 12.8 Å². The Morgan fingerprint density at radius 1 is 1.50 bits per heavy atom. The van der Waals surface area contributed by atoms with Gasteiger partial charge in [-0.2, -0.15) is 0 Å². The molecule has 0 aliphatic carbocycles. The first kappa shape index (κ1) is 12.5. The fourth-order valence-corrected chi connectivity index (χ4v) is 1.23. The van der Waals surface area contributed by atoms with Crippen molar-refractivity contribution in [2.24, 2.45) is 0 Å². The van der Waals surface area contributed by atoms with Crippen LogP contribution >= 0.6 is 0 Å². The first-order chi connectivity index (χ1) is 7.63. The summed E-state index contributed by atoms with van der Waals surface area (Å²) < 4.78 is 9.85. The van der Waals surface area contributed by atoms with Gasteiger partial charge in [0.1, 0.15) is 5.75 Å². The van der Waals surface area contributed by atoms with Gasteiger partial charge in [-0.1, -0.05) is 19.1 Å². The predicted octanol–water partition coefficient (Wildman–Crippen LogP) is 2.03. The van der Waals surface area contributed by atoms with Gasteiger partial charge in [0.25, 0.3) is 0 Å². The third kappa shape index (κ3) is 3.90. The van der Waals surface area contributed by atoms with Crippen LogP contribution in [0.25, 0.3) is 0 Å². The molecule has 0 saturated carbocycles. The number of ether oxygens (including phenoxy) is 2. The second-order valence-electron chi connectivity index (χ2n) is 3.39. The van der Waals surface area contributed by atoms with E-state index in [0.29, 0.717) is 12.2 Å². The van der Waals surface area contributed by atoms with Gasteiger partial charge in [0.2, 0.25) is 6.79 Å². The molecule has 0 aliphatic heterocycles. The fourth-order valence-electron chi connectivity index (χ4n) is 1.23. The maximum absolute atomic E-state index is 10.5. The lowest BCUT2D eigenvalue weighted by atomic mass is 10.1. The zero-order chi connectivity index (χ0) is 12.0. The van der Waals surface area contributed by atoms with Crippen LogP contribution in [0.15, 0.2) is 24.3 Å². The summed E-state index contributed by atoms with van der Waals surface area (Å²) in [6.45, 7) is 3.11. The summed E-state index contributed by atoms with van der Waals surface area (Å²) in [5.74, 6) is 0.191. The van der Waals surface area contributed by atoms with Crippen molar-refractivity contribution in [3.63, 3.8) is 0 Å². The van der Waals surface area contributed by atoms with Crippen LogP contribution in [-0.2, 0) is 9.53 Å². The molecule has 0 heterocycles. The molecule has 0 aromatic heterocycles. The van der Waals surface area contributed by atoms with Crippen molar-refractivity contribution in [2.45, 2.75) is 26.4 Å². The van der Waals surface area contributed by atoms with Crippen LogP contribution in [0, 0.1) is 0 Å². The zero-order valence-electron chi connectivity index (χ0n) is 9.47. The first-order valence-electron chi connectivity index (χ1n) is 5.17. The minimum atomic E-state index is -0.489. The van der Waals surface area contributed by atoms with Crippen LogP contribution in [-0.4, -0.2) is 17.9 Å². The van der Waals surface area contributed by atoms with Crippen molar-refractivity contribution in [3.05, 3.63) is 29.8 Å². The molecule has 0 spiro atoms. The maximum atomic E-state index is 10.5. The summed E-state index contributed by atoms with van der Waals surface area (Å²) in [5.41, 5.74) is 0.794. The molecular weight excluding hydrogens is 208 g/mol. The molecule has 0 saturated heterocycles. The van der Waals surface area contributed by atoms with Crippen LogP contribution in [0.3, 0.4) is 0 Å². The minimum absolute atomic E-state index is 0.110. The molecule has 1 aromatic rings. The van der Waals surface area contributed by atoms with Crippen molar-refractivity contribution >= 4 is 5.97 Å². The molecule has 0 fully saturated rings. The molecule has 0 aliphatic rings. The Morgan fingerprint density at radius 2 is 2.25 bits per heavy atom. The molecule has 1 aromatic carbocycles. The number of hydrogen-bond acceptors (Lipinski definition) is 4. The molecular formula is C12H16O4. The van der Waals surface area contributed by atoms with Crippen molar-refractivity contribution in [1.82, 2.24) is 0 Å². The van der Waals surface area contributed by atoms with Gasteiger partial charge in [-0.05, 0) is 24.1 Å². The highest BCUT2D eigenvalue weighted by Gasteiger charge is 2.05. The Bertz CT molecular complexity index is 349. The third-order valence-corrected chi connectivity index (χ3v) is 2.12. The molecule has 0 bridgehead atoms. The Morgan fingerprint density at radius 3 is 2.88 bits per heavy atom. The second-order valence-corrected chi connectivity index (χ2v) is 3.39. The predicted molar refractivity (Wildman–Crippen MR) is 59.0 cm³/mol. The molecule has 4 heteroatoms. The summed E-state index contributed by atoms with van der Waals surface area (Å²) in [6, 6.07) is 7.09. The third-order valence-electron chi connectivity index (χ3n) is 2.12. The summed E-state index contributed by atoms with van der Waals surface area (Å²) in [6.07, 6.45) is 0.158. The Labute approximate surface area is 94.8 Å². The SMILES string of the molecule is CCC(O)c1cccc(OCOC(C)=O)c1. The van der Waals surface area contributed by atoms with Crippen molar-refractivity contribution in [2.75, 3.05) is 6.79 Å². The summed E-state index contributed by atoms with van der Waals surface area (Å²) >= 11 is 0. The summed E-state index contributed by atoms with van der Waals surface area (Å²) in [4.78, 5) is 10.5. The average Bonchev–Trinajstić information content (AvgIpc) is 2.28. The molecule has 0 radical (unpaired) electrons. The van der Waals surface area contributed by atoms with Crippen LogP contribution in [0.4, 0.5) is 0 Å². The number of carbonyl (C=O) groups is 1. The lowest BCUT2D eigenvalue weighted by Crippen LogP contribution is -2.07. The van der Waals surface area contributed by atoms with Gasteiger partial charge in [0.15, 0.2) is 0 Å². The number of benzene rings is 1. The largest absolute Gasteiger partial charge is 0.457 e. The van der Waals surface area contributed by atoms with E-state index in [9.17, 15) is 9.90 Å². The van der Waals surface area contributed by atoms with E-state index >= 15 is 0 Å². The van der Waals surface area contributed by atoms with Gasteiger partial charge in [0, 0.05) is 6.92 Å². The van der Waals surface area contributed by atoms with Gasteiger partial charge in [0.05, 0.1) is 6.10 Å². The summed E-state index contributed by atoms with van der Waals surface area (Å²) in [5, 5.41) is 9.63. The lowest BCUT2D eigenvalue weighted by molar-refractivity contribution is -0.147. The molecule has 1 unspecified atom stereocenters. The number of rotatable bonds is 5. The quantitative estimate of drug-likeness (QED) is 0.614. The number of aliphatic hydroxyl groups is 1. The van der Waals surface area contributed by atoms with Gasteiger partial charge in [-0.25, -0.2) is 0 Å². The topological polar surface area (TPSA) is 55.8 Å². The van der Waals surface area contributed by atoms with E-state index in [4.69, 9.17) is 4.74 Å². The van der Waals surface area contributed by atoms with E-state index in [0.717, 1.165) is 5.56 Å². The van der Waals surface area contributed by atoms with Crippen molar-refractivity contribution in [1.29, 1.82) is 0 Å². The van der Waals surface area contributed by atoms with E-state index < -0.39 is 6.10 Å². The highest BCUT2D eigenvalue weighted by Crippen LogP contribution is 2.21. The highest BCUT2D eigenvalue weighted by atomic mass is 16.7. The van der Waals surface area contributed by atoms with E-state index in [1.54, 1.807) is 18.2 Å². The number of carbonyl (C=O) groups excluding carboxylic acids is 1. The zero-order valence-corrected chi connectivity index (χ0v) is 9.47. The number of hydrogen-bond donors (Lipinski definition) is 1. The number of esters is 1. The standard InChI is InChI=1S/C12H16O4/c1-3-12(14)10-5-4-6-11(7-10)16-8-15-9(2)13/h4-7,12,14H,3,8H2,1-2H3. The molecule has 16 heavy (non-hydrogen) atoms. The normalized spacial score (nSPS) is 11.9. The van der Waals surface area contributed by atoms with Gasteiger partial charge in [-0.15, -0.1) is 0 Å². The van der Waals surface area contributed by atoms with Crippen LogP contribution in [0.1, 0.15) is 31.9 Å². The van der Waals surface area contributed by atoms with Crippen molar-refractivity contribution in [3.8, 4) is 5.75 Å². The van der Waals surface area contributed by atoms with Gasteiger partial charge < -0.3 is 14.6 Å². The van der Waals surface area contributed by atoms with Crippen LogP contribution in [0.2, 0.25) is 0 Å². The van der Waals surface area contributed by atoms with Gasteiger partial charge >= 0.3 is 5.97 Å². The fraction of sp³-hybridized carbons (Fsp3) is 0.417. The van der Waals surface area contributed by atoms with Gasteiger partial charge in [-0.3, -0.25) is 4.79 Å². The first-order valence-corrected chi connectivity index (χ1v) is 5.17. The average molecular weight is 224 g/mol. The molecule has 1 N–H and O–H groups in total. The summed E-state index contributed by atoms with van der Waals surface area (Å²) in [7, 11) is 0. The molecule has 1 rings (SSSR count). The Kier molecular flexibility index (Phi) is 4.79. The molecule has 4 nitrogen and oxygen atoms in total. The van der Waals surface area contributed by atoms with Crippen LogP contribution in [0.5, 0.6) is 5.75 Å². The van der Waals surface area contributed by atoms with E-state index in [1.807, 2.05) is 13.0 Å². The van der Waals surface area contributed by atoms with E-state index in [1.165, 1.54) is 6.92 Å². The monoisotopic (exact) mass is 224 g/mol.